The van der Waals surface area contributed by atoms with Gasteiger partial charge in [-0.1, -0.05) is 6.07 Å². The van der Waals surface area contributed by atoms with Crippen molar-refractivity contribution >= 4 is 9.84 Å². The molecule has 1 unspecified atom stereocenters. The van der Waals surface area contributed by atoms with Gasteiger partial charge in [0, 0.05) is 25.3 Å². The molecule has 0 radical (unpaired) electrons. The molecule has 0 bridgehead atoms. The molecule has 0 N–H and O–H groups in total. The first-order valence-corrected chi connectivity index (χ1v) is 9.60. The third-order valence-electron chi connectivity index (χ3n) is 4.13. The van der Waals surface area contributed by atoms with E-state index >= 15 is 0 Å². The van der Waals surface area contributed by atoms with Gasteiger partial charge in [-0.05, 0) is 43.3 Å². The van der Waals surface area contributed by atoms with Crippen molar-refractivity contribution in [2.45, 2.75) is 17.2 Å². The number of likely N-dealkylation sites (tertiary alicyclic amines) is 1. The Kier molecular flexibility index (Phi) is 4.73. The van der Waals surface area contributed by atoms with Gasteiger partial charge in [-0.3, -0.25) is 4.90 Å². The van der Waals surface area contributed by atoms with Crippen molar-refractivity contribution in [3.63, 3.8) is 0 Å². The fraction of sp³-hybridized carbons (Fsp3) is 0.412. The van der Waals surface area contributed by atoms with Gasteiger partial charge in [0.25, 0.3) is 0 Å². The van der Waals surface area contributed by atoms with Crippen LogP contribution in [0.5, 0.6) is 5.75 Å². The number of benzene rings is 1. The first-order chi connectivity index (χ1) is 11.0. The lowest BCUT2D eigenvalue weighted by molar-refractivity contribution is 0.234. The predicted molar refractivity (Wildman–Crippen MR) is 87.6 cm³/mol. The fourth-order valence-corrected chi connectivity index (χ4v) is 3.53. The summed E-state index contributed by atoms with van der Waals surface area (Å²) in [6.45, 7) is 3.36. The molecule has 2 heterocycles. The van der Waals surface area contributed by atoms with Crippen LogP contribution in [0.25, 0.3) is 0 Å². The number of hydrogen-bond donors (Lipinski definition) is 0. The van der Waals surface area contributed by atoms with Crippen LogP contribution in [0, 0.1) is 0 Å². The largest absolute Gasteiger partial charge is 0.492 e. The van der Waals surface area contributed by atoms with Crippen molar-refractivity contribution in [1.82, 2.24) is 4.90 Å². The minimum atomic E-state index is -3.20. The molecule has 0 amide bonds. The zero-order valence-electron chi connectivity index (χ0n) is 13.1. The van der Waals surface area contributed by atoms with E-state index < -0.39 is 9.84 Å². The van der Waals surface area contributed by atoms with Crippen molar-refractivity contribution in [2.24, 2.45) is 0 Å². The van der Waals surface area contributed by atoms with Gasteiger partial charge in [-0.2, -0.15) is 0 Å². The maximum atomic E-state index is 11.5. The summed E-state index contributed by atoms with van der Waals surface area (Å²) in [6, 6.07) is 10.6. The molecule has 1 aromatic heterocycles. The second-order valence-electron chi connectivity index (χ2n) is 5.90. The summed E-state index contributed by atoms with van der Waals surface area (Å²) in [6.07, 6.45) is 4.01. The predicted octanol–water partition coefficient (Wildman–Crippen LogP) is 2.55. The third-order valence-corrected chi connectivity index (χ3v) is 5.24. The summed E-state index contributed by atoms with van der Waals surface area (Å²) >= 11 is 0. The number of nitrogens with zero attached hydrogens (tertiary/aromatic N) is 1. The average molecular weight is 335 g/mol. The van der Waals surface area contributed by atoms with Crippen LogP contribution in [0.4, 0.5) is 0 Å². The number of ether oxygens (including phenoxy) is 1. The molecule has 0 aliphatic carbocycles. The minimum Gasteiger partial charge on any atom is -0.492 e. The van der Waals surface area contributed by atoms with Crippen molar-refractivity contribution < 1.29 is 17.6 Å². The Bertz CT molecular complexity index is 740. The maximum absolute atomic E-state index is 11.5. The molecule has 2 aromatic rings. The van der Waals surface area contributed by atoms with E-state index in [4.69, 9.17) is 9.15 Å². The van der Waals surface area contributed by atoms with Crippen LogP contribution in [0.1, 0.15) is 18.1 Å². The molecule has 1 saturated heterocycles. The molecule has 1 aliphatic rings. The van der Waals surface area contributed by atoms with E-state index in [0.29, 0.717) is 18.3 Å². The normalized spacial score (nSPS) is 19.1. The van der Waals surface area contributed by atoms with Gasteiger partial charge in [0.15, 0.2) is 9.84 Å². The number of rotatable bonds is 6. The van der Waals surface area contributed by atoms with E-state index in [-0.39, 0.29) is 4.90 Å². The average Bonchev–Trinajstić information content (AvgIpc) is 3.18. The van der Waals surface area contributed by atoms with Crippen LogP contribution in [-0.4, -0.2) is 45.8 Å². The van der Waals surface area contributed by atoms with E-state index in [1.165, 1.54) is 6.26 Å². The highest BCUT2D eigenvalue weighted by atomic mass is 32.2. The second-order valence-corrected chi connectivity index (χ2v) is 7.91. The summed E-state index contributed by atoms with van der Waals surface area (Å²) in [5, 5.41) is 0. The highest BCUT2D eigenvalue weighted by Crippen LogP contribution is 2.27. The number of hydrogen-bond acceptors (Lipinski definition) is 5. The van der Waals surface area contributed by atoms with Crippen LogP contribution in [0.3, 0.4) is 0 Å². The molecule has 124 valence electrons. The Morgan fingerprint density at radius 3 is 2.91 bits per heavy atom. The third kappa shape index (κ3) is 4.14. The highest BCUT2D eigenvalue weighted by Gasteiger charge is 2.25. The summed E-state index contributed by atoms with van der Waals surface area (Å²) < 4.78 is 34.3. The molecule has 0 spiro atoms. The van der Waals surface area contributed by atoms with Gasteiger partial charge in [0.05, 0.1) is 11.2 Å². The first-order valence-electron chi connectivity index (χ1n) is 7.71. The lowest BCUT2D eigenvalue weighted by Gasteiger charge is -2.16. The lowest BCUT2D eigenvalue weighted by atomic mass is 10.1. The Labute approximate surface area is 136 Å². The molecule has 6 heteroatoms. The zero-order chi connectivity index (χ0) is 16.3. The lowest BCUT2D eigenvalue weighted by Crippen LogP contribution is -2.26. The van der Waals surface area contributed by atoms with Gasteiger partial charge in [0.2, 0.25) is 0 Å². The van der Waals surface area contributed by atoms with Crippen molar-refractivity contribution in [2.75, 3.05) is 32.5 Å². The molecular formula is C17H21NO4S. The summed E-state index contributed by atoms with van der Waals surface area (Å²) in [4.78, 5) is 2.63. The Morgan fingerprint density at radius 2 is 2.17 bits per heavy atom. The van der Waals surface area contributed by atoms with Crippen molar-refractivity contribution in [1.29, 1.82) is 0 Å². The molecular weight excluding hydrogens is 314 g/mol. The van der Waals surface area contributed by atoms with E-state index in [2.05, 4.69) is 4.90 Å². The van der Waals surface area contributed by atoms with E-state index in [0.717, 1.165) is 31.8 Å². The van der Waals surface area contributed by atoms with Crippen LogP contribution < -0.4 is 4.74 Å². The van der Waals surface area contributed by atoms with Gasteiger partial charge in [0.1, 0.15) is 18.1 Å². The molecule has 0 saturated carbocycles. The molecule has 1 fully saturated rings. The maximum Gasteiger partial charge on any atom is 0.175 e. The van der Waals surface area contributed by atoms with Crippen LogP contribution in [-0.2, 0) is 9.84 Å². The summed E-state index contributed by atoms with van der Waals surface area (Å²) in [7, 11) is -3.20. The smallest absolute Gasteiger partial charge is 0.175 e. The Hall–Kier alpha value is -1.79. The SMILES string of the molecule is CS(=O)(=O)c1cccc(OCCN2CCC(c3ccco3)C2)c1. The summed E-state index contributed by atoms with van der Waals surface area (Å²) in [5.41, 5.74) is 0. The van der Waals surface area contributed by atoms with Crippen molar-refractivity contribution in [3.05, 3.63) is 48.4 Å². The number of furan rings is 1. The minimum absolute atomic E-state index is 0.286. The quantitative estimate of drug-likeness (QED) is 0.812. The second kappa shape index (κ2) is 6.76. The topological polar surface area (TPSA) is 59.8 Å². The van der Waals surface area contributed by atoms with Crippen LogP contribution in [0.2, 0.25) is 0 Å². The molecule has 1 aliphatic heterocycles. The Morgan fingerprint density at radius 1 is 1.30 bits per heavy atom. The number of sulfone groups is 1. The van der Waals surface area contributed by atoms with Crippen molar-refractivity contribution in [3.8, 4) is 5.75 Å². The van der Waals surface area contributed by atoms with Gasteiger partial charge in [-0.25, -0.2) is 8.42 Å². The molecule has 5 nitrogen and oxygen atoms in total. The van der Waals surface area contributed by atoms with Gasteiger partial charge >= 0.3 is 0 Å². The first kappa shape index (κ1) is 16.1. The Balaban J connectivity index is 1.49. The van der Waals surface area contributed by atoms with Crippen LogP contribution in [0.15, 0.2) is 52.0 Å². The van der Waals surface area contributed by atoms with Gasteiger partial charge < -0.3 is 9.15 Å². The molecule has 1 aromatic carbocycles. The highest BCUT2D eigenvalue weighted by molar-refractivity contribution is 7.90. The fourth-order valence-electron chi connectivity index (χ4n) is 2.88. The van der Waals surface area contributed by atoms with E-state index in [9.17, 15) is 8.42 Å². The molecule has 23 heavy (non-hydrogen) atoms. The molecule has 3 rings (SSSR count). The van der Waals surface area contributed by atoms with E-state index in [1.807, 2.05) is 12.1 Å². The van der Waals surface area contributed by atoms with E-state index in [1.54, 1.807) is 30.5 Å². The van der Waals surface area contributed by atoms with Gasteiger partial charge in [-0.15, -0.1) is 0 Å². The molecule has 1 atom stereocenters. The van der Waals surface area contributed by atoms with Crippen LogP contribution >= 0.6 is 0 Å². The standard InChI is InChI=1S/C17H21NO4S/c1-23(19,20)16-5-2-4-15(12-16)21-11-9-18-8-7-14(13-18)17-6-3-10-22-17/h2-6,10,12,14H,7-9,11,13H2,1H3. The summed E-state index contributed by atoms with van der Waals surface area (Å²) in [5.74, 6) is 2.10. The zero-order valence-corrected chi connectivity index (χ0v) is 14.0. The monoisotopic (exact) mass is 335 g/mol.